The molecule has 0 aliphatic carbocycles. The number of halogens is 2. The Bertz CT molecular complexity index is 720. The number of rotatable bonds is 5. The molecule has 0 fully saturated rings. The van der Waals surface area contributed by atoms with Gasteiger partial charge in [0.1, 0.15) is 5.82 Å². The van der Waals surface area contributed by atoms with E-state index in [0.717, 1.165) is 11.6 Å². The highest BCUT2D eigenvalue weighted by Crippen LogP contribution is 2.17. The van der Waals surface area contributed by atoms with E-state index in [2.05, 4.69) is 5.32 Å². The van der Waals surface area contributed by atoms with Crippen LogP contribution in [0.2, 0.25) is 5.02 Å². The van der Waals surface area contributed by atoms with E-state index in [-0.39, 0.29) is 11.6 Å². The Balaban J connectivity index is 1.88. The summed E-state index contributed by atoms with van der Waals surface area (Å²) in [5, 5.41) is 3.24. The number of nitrogens with one attached hydrogen (secondary N) is 1. The lowest BCUT2D eigenvalue weighted by Gasteiger charge is -2.14. The molecule has 2 rings (SSSR count). The molecule has 6 heteroatoms. The van der Waals surface area contributed by atoms with Crippen molar-refractivity contribution in [2.24, 2.45) is 0 Å². The maximum Gasteiger partial charge on any atom is 0.341 e. The van der Waals surface area contributed by atoms with E-state index in [1.54, 1.807) is 25.1 Å². The van der Waals surface area contributed by atoms with E-state index in [0.29, 0.717) is 5.02 Å². The standard InChI is InChI=1S/C17H15ClFNO3/c1-11(12-5-4-6-13(18)9-12)20-16(21)10-23-17(22)14-7-2-3-8-15(14)19/h2-9,11H,10H2,1H3,(H,20,21). The molecule has 0 bridgehead atoms. The quantitative estimate of drug-likeness (QED) is 0.851. The first-order valence-electron chi connectivity index (χ1n) is 6.94. The molecule has 1 N–H and O–H groups in total. The van der Waals surface area contributed by atoms with Gasteiger partial charge in [-0.3, -0.25) is 4.79 Å². The van der Waals surface area contributed by atoms with E-state index < -0.39 is 24.3 Å². The van der Waals surface area contributed by atoms with E-state index in [1.807, 2.05) is 6.07 Å². The second-order valence-corrected chi connectivity index (χ2v) is 5.34. The molecule has 0 spiro atoms. The normalized spacial score (nSPS) is 11.6. The monoisotopic (exact) mass is 335 g/mol. The summed E-state index contributed by atoms with van der Waals surface area (Å²) >= 11 is 5.89. The van der Waals surface area contributed by atoms with Gasteiger partial charge in [-0.05, 0) is 36.8 Å². The van der Waals surface area contributed by atoms with Crippen LogP contribution in [0.1, 0.15) is 28.9 Å². The van der Waals surface area contributed by atoms with Crippen LogP contribution in [-0.2, 0) is 9.53 Å². The molecule has 2 aromatic carbocycles. The highest BCUT2D eigenvalue weighted by Gasteiger charge is 2.15. The largest absolute Gasteiger partial charge is 0.452 e. The molecule has 23 heavy (non-hydrogen) atoms. The molecule has 1 atom stereocenters. The Hall–Kier alpha value is -2.40. The van der Waals surface area contributed by atoms with Gasteiger partial charge >= 0.3 is 5.97 Å². The second kappa shape index (κ2) is 7.74. The van der Waals surface area contributed by atoms with E-state index in [4.69, 9.17) is 16.3 Å². The van der Waals surface area contributed by atoms with Crippen molar-refractivity contribution in [3.63, 3.8) is 0 Å². The lowest BCUT2D eigenvalue weighted by molar-refractivity contribution is -0.124. The summed E-state index contributed by atoms with van der Waals surface area (Å²) in [5.74, 6) is -2.05. The fraction of sp³-hybridized carbons (Fsp3) is 0.176. The molecule has 0 saturated carbocycles. The Morgan fingerprint density at radius 3 is 2.65 bits per heavy atom. The minimum Gasteiger partial charge on any atom is -0.452 e. The lowest BCUT2D eigenvalue weighted by atomic mass is 10.1. The van der Waals surface area contributed by atoms with Crippen molar-refractivity contribution in [3.8, 4) is 0 Å². The van der Waals surface area contributed by atoms with Crippen molar-refractivity contribution in [2.75, 3.05) is 6.61 Å². The molecule has 0 aromatic heterocycles. The molecule has 0 aliphatic heterocycles. The van der Waals surface area contributed by atoms with Crippen LogP contribution in [0.25, 0.3) is 0 Å². The van der Waals surface area contributed by atoms with Crippen LogP contribution in [0.15, 0.2) is 48.5 Å². The van der Waals surface area contributed by atoms with Crippen LogP contribution < -0.4 is 5.32 Å². The molecular weight excluding hydrogens is 321 g/mol. The van der Waals surface area contributed by atoms with Crippen molar-refractivity contribution in [2.45, 2.75) is 13.0 Å². The Labute approximate surface area is 138 Å². The molecule has 120 valence electrons. The average Bonchev–Trinajstić information content (AvgIpc) is 2.53. The first-order valence-corrected chi connectivity index (χ1v) is 7.31. The summed E-state index contributed by atoms with van der Waals surface area (Å²) in [6, 6.07) is 12.2. The first kappa shape index (κ1) is 17.0. The fourth-order valence-electron chi connectivity index (χ4n) is 1.98. The van der Waals surface area contributed by atoms with E-state index >= 15 is 0 Å². The number of benzene rings is 2. The number of ether oxygens (including phenoxy) is 1. The summed E-state index contributed by atoms with van der Waals surface area (Å²) in [7, 11) is 0. The van der Waals surface area contributed by atoms with Gasteiger partial charge in [-0.1, -0.05) is 35.9 Å². The van der Waals surface area contributed by atoms with Gasteiger partial charge in [0.25, 0.3) is 5.91 Å². The number of hydrogen-bond acceptors (Lipinski definition) is 3. The smallest absolute Gasteiger partial charge is 0.341 e. The number of hydrogen-bond donors (Lipinski definition) is 1. The predicted octanol–water partition coefficient (Wildman–Crippen LogP) is 3.51. The number of esters is 1. The zero-order valence-electron chi connectivity index (χ0n) is 12.4. The van der Waals surface area contributed by atoms with Crippen molar-refractivity contribution in [1.82, 2.24) is 5.32 Å². The van der Waals surface area contributed by atoms with Gasteiger partial charge in [0, 0.05) is 5.02 Å². The number of carbonyl (C=O) groups excluding carboxylic acids is 2. The molecule has 4 nitrogen and oxygen atoms in total. The minimum absolute atomic E-state index is 0.205. The SMILES string of the molecule is CC(NC(=O)COC(=O)c1ccccc1F)c1cccc(Cl)c1. The average molecular weight is 336 g/mol. The van der Waals surface area contributed by atoms with Crippen LogP contribution in [0.3, 0.4) is 0 Å². The summed E-state index contributed by atoms with van der Waals surface area (Å²) in [4.78, 5) is 23.5. The minimum atomic E-state index is -0.881. The van der Waals surface area contributed by atoms with E-state index in [1.165, 1.54) is 18.2 Å². The predicted molar refractivity (Wildman–Crippen MR) is 84.7 cm³/mol. The lowest BCUT2D eigenvalue weighted by Crippen LogP contribution is -2.31. The molecular formula is C17H15ClFNO3. The highest BCUT2D eigenvalue weighted by atomic mass is 35.5. The van der Waals surface area contributed by atoms with Gasteiger partial charge in [0.15, 0.2) is 6.61 Å². The Morgan fingerprint density at radius 2 is 1.96 bits per heavy atom. The zero-order chi connectivity index (χ0) is 16.8. The van der Waals surface area contributed by atoms with Gasteiger partial charge < -0.3 is 10.1 Å². The molecule has 1 unspecified atom stereocenters. The molecule has 2 aromatic rings. The number of carbonyl (C=O) groups is 2. The summed E-state index contributed by atoms with van der Waals surface area (Å²) in [5.41, 5.74) is 0.620. The Kier molecular flexibility index (Phi) is 5.71. The van der Waals surface area contributed by atoms with Crippen molar-refractivity contribution < 1.29 is 18.7 Å². The van der Waals surface area contributed by atoms with Gasteiger partial charge in [0.2, 0.25) is 0 Å². The third-order valence-electron chi connectivity index (χ3n) is 3.15. The van der Waals surface area contributed by atoms with Crippen LogP contribution in [0.4, 0.5) is 4.39 Å². The first-order chi connectivity index (χ1) is 11.0. The van der Waals surface area contributed by atoms with Gasteiger partial charge in [-0.2, -0.15) is 0 Å². The van der Waals surface area contributed by atoms with Crippen LogP contribution in [0.5, 0.6) is 0 Å². The fourth-order valence-corrected chi connectivity index (χ4v) is 2.18. The third-order valence-corrected chi connectivity index (χ3v) is 3.39. The number of amides is 1. The van der Waals surface area contributed by atoms with Gasteiger partial charge in [-0.15, -0.1) is 0 Å². The highest BCUT2D eigenvalue weighted by molar-refractivity contribution is 6.30. The van der Waals surface area contributed by atoms with Crippen LogP contribution in [0, 0.1) is 5.82 Å². The van der Waals surface area contributed by atoms with Crippen molar-refractivity contribution >= 4 is 23.5 Å². The van der Waals surface area contributed by atoms with Crippen LogP contribution >= 0.6 is 11.6 Å². The maximum absolute atomic E-state index is 13.4. The maximum atomic E-state index is 13.4. The summed E-state index contributed by atoms with van der Waals surface area (Å²) < 4.78 is 18.2. The summed E-state index contributed by atoms with van der Waals surface area (Å²) in [6.45, 7) is 1.29. The molecule has 0 radical (unpaired) electrons. The molecule has 1 amide bonds. The zero-order valence-corrected chi connectivity index (χ0v) is 13.1. The van der Waals surface area contributed by atoms with E-state index in [9.17, 15) is 14.0 Å². The van der Waals surface area contributed by atoms with Crippen molar-refractivity contribution in [1.29, 1.82) is 0 Å². The van der Waals surface area contributed by atoms with Crippen molar-refractivity contribution in [3.05, 3.63) is 70.5 Å². The van der Waals surface area contributed by atoms with Gasteiger partial charge in [-0.25, -0.2) is 9.18 Å². The van der Waals surface area contributed by atoms with Gasteiger partial charge in [0.05, 0.1) is 11.6 Å². The third kappa shape index (κ3) is 4.79. The summed E-state index contributed by atoms with van der Waals surface area (Å²) in [6.07, 6.45) is 0. The topological polar surface area (TPSA) is 55.4 Å². The van der Waals surface area contributed by atoms with Crippen LogP contribution in [-0.4, -0.2) is 18.5 Å². The second-order valence-electron chi connectivity index (χ2n) is 4.90. The molecule has 0 aliphatic rings. The molecule has 0 saturated heterocycles. The molecule has 0 heterocycles. The Morgan fingerprint density at radius 1 is 1.22 bits per heavy atom.